The summed E-state index contributed by atoms with van der Waals surface area (Å²) in [5.74, 6) is -0.451. The molecule has 9 rings (SSSR count). The molecule has 4 N–H and O–H groups in total. The Balaban J connectivity index is 1.05. The van der Waals surface area contributed by atoms with Gasteiger partial charge in [-0.1, -0.05) is 54.1 Å². The Morgan fingerprint density at radius 2 is 1.66 bits per heavy atom. The molecule has 56 heavy (non-hydrogen) atoms. The minimum absolute atomic E-state index is 0.0108. The molecule has 2 aliphatic heterocycles. The van der Waals surface area contributed by atoms with Crippen LogP contribution in [0, 0.1) is 5.92 Å². The van der Waals surface area contributed by atoms with Crippen LogP contribution in [0.2, 0.25) is 5.02 Å². The number of fused-ring (bicyclic) bond motifs is 3. The molecule has 2 aromatic heterocycles. The summed E-state index contributed by atoms with van der Waals surface area (Å²) in [7, 11) is 2.94. The molecule has 0 amide bonds. The van der Waals surface area contributed by atoms with E-state index in [2.05, 4.69) is 15.6 Å². The molecule has 2 bridgehead atoms. The number of ether oxygens (including phenoxy) is 2. The van der Waals surface area contributed by atoms with Crippen molar-refractivity contribution >= 4 is 23.4 Å². The van der Waals surface area contributed by atoms with Gasteiger partial charge in [-0.15, -0.1) is 0 Å². The van der Waals surface area contributed by atoms with Gasteiger partial charge in [0.2, 0.25) is 11.8 Å². The first-order valence-corrected chi connectivity index (χ1v) is 19.4. The van der Waals surface area contributed by atoms with Crippen LogP contribution in [0.15, 0.2) is 54.6 Å². The number of carboxylic acids is 1. The Bertz CT molecular complexity index is 2170. The number of hydrogen-bond donors (Lipinski definition) is 4. The van der Waals surface area contributed by atoms with Gasteiger partial charge in [0.15, 0.2) is 0 Å². The van der Waals surface area contributed by atoms with Crippen molar-refractivity contribution in [1.82, 2.24) is 20.2 Å². The monoisotopic (exact) mass is 791 g/mol. The van der Waals surface area contributed by atoms with Crippen molar-refractivity contribution < 1.29 is 37.7 Å². The average Bonchev–Trinajstić information content (AvgIpc) is 3.55. The van der Waals surface area contributed by atoms with Crippen molar-refractivity contribution in [2.45, 2.75) is 94.4 Å². The molecular weight excluding hydrogens is 747 g/mol. The number of nitrogens with zero attached hydrogens (tertiary/aromatic N) is 3. The maximum absolute atomic E-state index is 14.7. The Labute approximate surface area is 328 Å². The Morgan fingerprint density at radius 1 is 0.964 bits per heavy atom. The fourth-order valence-electron chi connectivity index (χ4n) is 9.30. The topological polar surface area (TPSA) is 129 Å². The van der Waals surface area contributed by atoms with Gasteiger partial charge in [-0.2, -0.15) is 18.2 Å². The number of anilines is 1. The number of carboxylic acid groups (broad SMARTS) is 1. The van der Waals surface area contributed by atoms with E-state index in [0.717, 1.165) is 40.3 Å². The maximum Gasteiger partial charge on any atom is 0.419 e. The number of alkyl halides is 3. The van der Waals surface area contributed by atoms with Crippen LogP contribution in [0.4, 0.5) is 19.0 Å². The zero-order valence-corrected chi connectivity index (χ0v) is 32.2. The second-order valence-corrected chi connectivity index (χ2v) is 16.4. The Kier molecular flexibility index (Phi) is 9.95. The first-order chi connectivity index (χ1) is 26.7. The number of methoxy groups -OCH3 is 2. The fraction of sp³-hybridized carbons (Fsp3) is 0.452. The largest absolute Gasteiger partial charge is 0.481 e. The summed E-state index contributed by atoms with van der Waals surface area (Å²) >= 11 is 7.15. The van der Waals surface area contributed by atoms with Crippen LogP contribution in [0.25, 0.3) is 22.4 Å². The quantitative estimate of drug-likeness (QED) is 0.112. The number of aliphatic hydroxyl groups is 1. The normalized spacial score (nSPS) is 25.5. The van der Waals surface area contributed by atoms with Crippen molar-refractivity contribution in [3.63, 3.8) is 0 Å². The highest BCUT2D eigenvalue weighted by Crippen LogP contribution is 2.51. The zero-order valence-electron chi connectivity index (χ0n) is 31.5. The molecule has 296 valence electrons. The van der Waals surface area contributed by atoms with Crippen LogP contribution in [-0.4, -0.2) is 69.0 Å². The molecule has 3 aliphatic carbocycles. The van der Waals surface area contributed by atoms with E-state index >= 15 is 0 Å². The second kappa shape index (κ2) is 14.5. The molecule has 0 radical (unpaired) electrons. The van der Waals surface area contributed by atoms with E-state index in [-0.39, 0.29) is 29.8 Å². The van der Waals surface area contributed by atoms with Gasteiger partial charge in [0.25, 0.3) is 0 Å². The van der Waals surface area contributed by atoms with Gasteiger partial charge in [-0.25, -0.2) is 4.98 Å². The van der Waals surface area contributed by atoms with Crippen LogP contribution in [0.1, 0.15) is 79.3 Å². The van der Waals surface area contributed by atoms with Crippen molar-refractivity contribution in [2.24, 2.45) is 5.92 Å². The van der Waals surface area contributed by atoms with E-state index in [1.807, 2.05) is 55.5 Å². The first-order valence-electron chi connectivity index (χ1n) is 19.0. The van der Waals surface area contributed by atoms with E-state index in [9.17, 15) is 28.2 Å². The lowest BCUT2D eigenvalue weighted by atomic mass is 9.62. The lowest BCUT2D eigenvalue weighted by molar-refractivity contribution is -0.172. The minimum Gasteiger partial charge on any atom is -0.481 e. The van der Waals surface area contributed by atoms with Crippen LogP contribution in [0.5, 0.6) is 11.8 Å². The summed E-state index contributed by atoms with van der Waals surface area (Å²) in [6, 6.07) is 16.2. The lowest BCUT2D eigenvalue weighted by Gasteiger charge is -2.56. The van der Waals surface area contributed by atoms with Crippen LogP contribution in [0.3, 0.4) is 0 Å². The number of nitrogens with one attached hydrogen (secondary N) is 2. The molecule has 4 heterocycles. The van der Waals surface area contributed by atoms with E-state index in [0.29, 0.717) is 79.7 Å². The predicted molar refractivity (Wildman–Crippen MR) is 206 cm³/mol. The van der Waals surface area contributed by atoms with Crippen molar-refractivity contribution in [2.75, 3.05) is 26.1 Å². The predicted octanol–water partition coefficient (Wildman–Crippen LogP) is 8.04. The first kappa shape index (κ1) is 38.4. The molecule has 2 aromatic carbocycles. The molecule has 4 aromatic rings. The van der Waals surface area contributed by atoms with Crippen LogP contribution in [-0.2, 0) is 30.5 Å². The third kappa shape index (κ3) is 6.97. The van der Waals surface area contributed by atoms with Crippen molar-refractivity contribution in [1.29, 1.82) is 0 Å². The molecule has 5 aliphatic rings. The third-order valence-electron chi connectivity index (χ3n) is 12.2. The standard InChI is InChI=1S/C42H45ClF3N5O5/c1-40(54)19-26(20-40)47-21-24-10-12-34(49-37(24)55-2)31-9-5-8-30(35(31)43)27-6-4-7-29-28(27)11-13-33(29)48-36-32(42(44,45)46)16-25(38(50-36)56-3)22-51-15-14-23-17-41(51,18-23)39(52)53/h4-10,12,16,23,26,33,47,54H,11,13-15,17-22H2,1-3H3,(H,48,50)(H,52,53)/t23?,26-,33-,40-,41?/m0/s1. The number of halogens is 4. The van der Waals surface area contributed by atoms with Gasteiger partial charge in [-0.3, -0.25) is 9.69 Å². The van der Waals surface area contributed by atoms with E-state index in [1.54, 1.807) is 12.0 Å². The van der Waals surface area contributed by atoms with E-state index in [1.165, 1.54) is 7.11 Å². The highest BCUT2D eigenvalue weighted by Gasteiger charge is 2.57. The van der Waals surface area contributed by atoms with Gasteiger partial charge >= 0.3 is 12.1 Å². The lowest BCUT2D eigenvalue weighted by Crippen LogP contribution is -2.66. The van der Waals surface area contributed by atoms with Gasteiger partial charge in [0.1, 0.15) is 11.4 Å². The summed E-state index contributed by atoms with van der Waals surface area (Å²) < 4.78 is 55.4. The smallest absolute Gasteiger partial charge is 0.419 e. The van der Waals surface area contributed by atoms with E-state index < -0.39 is 34.9 Å². The summed E-state index contributed by atoms with van der Waals surface area (Å²) in [4.78, 5) is 23.2. The number of carbonyl (C=O) groups is 1. The summed E-state index contributed by atoms with van der Waals surface area (Å²) in [6.07, 6.45) is -0.446. The van der Waals surface area contributed by atoms with Crippen molar-refractivity contribution in [3.8, 4) is 34.1 Å². The SMILES string of the molecule is COc1nc(-c2cccc(-c3cccc4c3CC[C@@H]4Nc3nc(OC)c(CN4CCC5CC4(C(=O)O)C5)cc3C(F)(F)F)c2Cl)ccc1CN[C@H]1C[C@](C)(O)C1. The van der Waals surface area contributed by atoms with Gasteiger partial charge in [-0.05, 0) is 93.2 Å². The Hall–Kier alpha value is -4.43. The minimum atomic E-state index is -4.73. The fourth-order valence-corrected chi connectivity index (χ4v) is 9.63. The number of aliphatic carboxylic acids is 1. The number of rotatable bonds is 12. The second-order valence-electron chi connectivity index (χ2n) is 16.0. The van der Waals surface area contributed by atoms with E-state index in [4.69, 9.17) is 26.1 Å². The molecule has 10 nitrogen and oxygen atoms in total. The number of benzene rings is 2. The summed E-state index contributed by atoms with van der Waals surface area (Å²) in [6.45, 7) is 2.85. The van der Waals surface area contributed by atoms with Crippen LogP contribution < -0.4 is 20.1 Å². The molecule has 2 saturated heterocycles. The molecule has 0 spiro atoms. The summed E-state index contributed by atoms with van der Waals surface area (Å²) in [5.41, 5.74) is 3.29. The zero-order chi connectivity index (χ0) is 39.6. The number of pyridine rings is 2. The van der Waals surface area contributed by atoms with Crippen LogP contribution >= 0.6 is 11.6 Å². The Morgan fingerprint density at radius 3 is 2.36 bits per heavy atom. The highest BCUT2D eigenvalue weighted by molar-refractivity contribution is 6.36. The maximum atomic E-state index is 14.7. The van der Waals surface area contributed by atoms with Gasteiger partial charge < -0.3 is 30.3 Å². The molecule has 0 unspecified atom stereocenters. The van der Waals surface area contributed by atoms with Crippen molar-refractivity contribution in [3.05, 3.63) is 87.4 Å². The number of piperidine rings is 2. The molecule has 4 fully saturated rings. The highest BCUT2D eigenvalue weighted by atomic mass is 35.5. The molecule has 1 atom stereocenters. The number of hydrogen-bond acceptors (Lipinski definition) is 9. The average molecular weight is 792 g/mol. The molecule has 14 heteroatoms. The van der Waals surface area contributed by atoms with Gasteiger partial charge in [0, 0.05) is 41.4 Å². The third-order valence-corrected chi connectivity index (χ3v) is 12.6. The summed E-state index contributed by atoms with van der Waals surface area (Å²) in [5, 5.41) is 27.2. The number of aromatic nitrogens is 2. The molecule has 2 saturated carbocycles. The molecular formula is C42H45ClF3N5O5. The van der Waals surface area contributed by atoms with Gasteiger partial charge in [0.05, 0.1) is 42.1 Å².